The molecule has 31 heavy (non-hydrogen) atoms. The molecule has 0 aromatic heterocycles. The Hall–Kier alpha value is -2.41. The summed E-state index contributed by atoms with van der Waals surface area (Å²) in [6, 6.07) is 15.9. The van der Waals surface area contributed by atoms with E-state index < -0.39 is 12.5 Å². The van der Waals surface area contributed by atoms with Crippen LogP contribution in [-0.2, 0) is 13.0 Å². The SMILES string of the molecule is O=C1c2ccccc2N(CC2CCC2)C(O)N1C[C@H](O)CN1CCc2ccccc2C1. The molecule has 2 atom stereocenters. The van der Waals surface area contributed by atoms with Crippen LogP contribution in [0.15, 0.2) is 48.5 Å². The summed E-state index contributed by atoms with van der Waals surface area (Å²) >= 11 is 0. The number of nitrogens with zero attached hydrogens (tertiary/aromatic N) is 3. The van der Waals surface area contributed by atoms with Crippen LogP contribution in [0.25, 0.3) is 0 Å². The fourth-order valence-corrected chi connectivity index (χ4v) is 5.07. The lowest BCUT2D eigenvalue weighted by atomic mass is 9.85. The first kappa shape index (κ1) is 20.5. The molecule has 1 unspecified atom stereocenters. The number of hydrogen-bond donors (Lipinski definition) is 2. The molecule has 164 valence electrons. The van der Waals surface area contributed by atoms with Crippen LogP contribution >= 0.6 is 0 Å². The normalized spacial score (nSPS) is 22.6. The summed E-state index contributed by atoms with van der Waals surface area (Å²) in [7, 11) is 0. The Kier molecular flexibility index (Phi) is 5.69. The van der Waals surface area contributed by atoms with Crippen molar-refractivity contribution in [2.75, 3.05) is 31.1 Å². The molecule has 2 heterocycles. The van der Waals surface area contributed by atoms with E-state index in [-0.39, 0.29) is 12.5 Å². The summed E-state index contributed by atoms with van der Waals surface area (Å²) < 4.78 is 0. The number of amides is 1. The lowest BCUT2D eigenvalue weighted by Crippen LogP contribution is -2.59. The number of anilines is 1. The predicted octanol–water partition coefficient (Wildman–Crippen LogP) is 2.44. The molecule has 1 fully saturated rings. The number of β-amino-alcohol motifs (C(OH)–C–C–N with tert-alkyl or cyclic N) is 1. The number of benzene rings is 2. The zero-order chi connectivity index (χ0) is 21.4. The van der Waals surface area contributed by atoms with Crippen LogP contribution in [0.2, 0.25) is 0 Å². The van der Waals surface area contributed by atoms with Gasteiger partial charge in [-0.3, -0.25) is 14.6 Å². The number of carbonyl (C=O) groups excluding carboxylic acids is 1. The molecule has 5 rings (SSSR count). The van der Waals surface area contributed by atoms with Gasteiger partial charge >= 0.3 is 0 Å². The molecule has 2 aromatic carbocycles. The molecular weight excluding hydrogens is 390 g/mol. The Morgan fingerprint density at radius 3 is 2.48 bits per heavy atom. The minimum atomic E-state index is -1.04. The Morgan fingerprint density at radius 2 is 1.71 bits per heavy atom. The van der Waals surface area contributed by atoms with Crippen LogP contribution in [0.1, 0.15) is 40.7 Å². The van der Waals surface area contributed by atoms with Gasteiger partial charge in [0.15, 0.2) is 0 Å². The van der Waals surface area contributed by atoms with Crippen LogP contribution in [0.3, 0.4) is 0 Å². The second-order valence-electron chi connectivity index (χ2n) is 9.18. The summed E-state index contributed by atoms with van der Waals surface area (Å²) in [5.74, 6) is 0.340. The number of aliphatic hydroxyl groups is 2. The highest BCUT2D eigenvalue weighted by atomic mass is 16.3. The minimum absolute atomic E-state index is 0.119. The number of rotatable bonds is 6. The van der Waals surface area contributed by atoms with Crippen molar-refractivity contribution in [2.24, 2.45) is 5.92 Å². The van der Waals surface area contributed by atoms with Crippen LogP contribution in [0.4, 0.5) is 5.69 Å². The number of aliphatic hydroxyl groups excluding tert-OH is 2. The van der Waals surface area contributed by atoms with Crippen molar-refractivity contribution in [3.05, 3.63) is 65.2 Å². The third kappa shape index (κ3) is 4.07. The van der Waals surface area contributed by atoms with Crippen molar-refractivity contribution >= 4 is 11.6 Å². The van der Waals surface area contributed by atoms with Crippen molar-refractivity contribution in [1.29, 1.82) is 0 Å². The van der Waals surface area contributed by atoms with Gasteiger partial charge in [-0.1, -0.05) is 42.8 Å². The third-order valence-electron chi connectivity index (χ3n) is 7.03. The smallest absolute Gasteiger partial charge is 0.259 e. The quantitative estimate of drug-likeness (QED) is 0.750. The van der Waals surface area contributed by atoms with E-state index in [1.165, 1.54) is 35.3 Å². The minimum Gasteiger partial charge on any atom is -0.390 e. The molecule has 6 heteroatoms. The predicted molar refractivity (Wildman–Crippen MR) is 120 cm³/mol. The summed E-state index contributed by atoms with van der Waals surface area (Å²) in [5.41, 5.74) is 4.07. The molecule has 1 amide bonds. The van der Waals surface area contributed by atoms with Crippen LogP contribution in [-0.4, -0.2) is 64.6 Å². The van der Waals surface area contributed by atoms with Gasteiger partial charge in [-0.2, -0.15) is 0 Å². The maximum atomic E-state index is 13.1. The molecule has 3 aliphatic rings. The number of fused-ring (bicyclic) bond motifs is 2. The molecule has 2 aliphatic heterocycles. The summed E-state index contributed by atoms with van der Waals surface area (Å²) in [6.07, 6.45) is 2.77. The van der Waals surface area contributed by atoms with Gasteiger partial charge in [-0.05, 0) is 48.4 Å². The van der Waals surface area contributed by atoms with Gasteiger partial charge in [0.25, 0.3) is 5.91 Å². The maximum Gasteiger partial charge on any atom is 0.259 e. The number of hydrogen-bond acceptors (Lipinski definition) is 5. The molecule has 0 bridgehead atoms. The maximum absolute atomic E-state index is 13.1. The first-order chi connectivity index (χ1) is 15.1. The van der Waals surface area contributed by atoms with Crippen molar-refractivity contribution in [1.82, 2.24) is 9.80 Å². The lowest BCUT2D eigenvalue weighted by Gasteiger charge is -2.45. The average Bonchev–Trinajstić information content (AvgIpc) is 2.75. The van der Waals surface area contributed by atoms with E-state index in [4.69, 9.17) is 0 Å². The molecule has 1 aliphatic carbocycles. The van der Waals surface area contributed by atoms with Crippen molar-refractivity contribution < 1.29 is 15.0 Å². The first-order valence-electron chi connectivity index (χ1n) is 11.4. The zero-order valence-electron chi connectivity index (χ0n) is 17.9. The van der Waals surface area contributed by atoms with Crippen molar-refractivity contribution in [3.63, 3.8) is 0 Å². The highest BCUT2D eigenvalue weighted by Gasteiger charge is 2.39. The summed E-state index contributed by atoms with van der Waals surface area (Å²) in [4.78, 5) is 18.7. The second kappa shape index (κ2) is 8.61. The van der Waals surface area contributed by atoms with Gasteiger partial charge < -0.3 is 15.1 Å². The molecule has 0 saturated heterocycles. The van der Waals surface area contributed by atoms with E-state index in [9.17, 15) is 15.0 Å². The third-order valence-corrected chi connectivity index (χ3v) is 7.03. The van der Waals surface area contributed by atoms with Gasteiger partial charge in [-0.25, -0.2) is 0 Å². The second-order valence-corrected chi connectivity index (χ2v) is 9.18. The van der Waals surface area contributed by atoms with Gasteiger partial charge in [0.05, 0.1) is 23.9 Å². The molecule has 0 radical (unpaired) electrons. The van der Waals surface area contributed by atoms with E-state index in [1.807, 2.05) is 29.2 Å². The Morgan fingerprint density at radius 1 is 0.968 bits per heavy atom. The molecular formula is C25H31N3O3. The number of para-hydroxylation sites is 1. The Balaban J connectivity index is 1.28. The largest absolute Gasteiger partial charge is 0.390 e. The molecule has 6 nitrogen and oxygen atoms in total. The van der Waals surface area contributed by atoms with Crippen molar-refractivity contribution in [2.45, 2.75) is 44.7 Å². The fourth-order valence-electron chi connectivity index (χ4n) is 5.07. The van der Waals surface area contributed by atoms with E-state index >= 15 is 0 Å². The molecule has 2 N–H and O–H groups in total. The van der Waals surface area contributed by atoms with Gasteiger partial charge in [0.1, 0.15) is 0 Å². The molecule has 2 aromatic rings. The highest BCUT2D eigenvalue weighted by molar-refractivity contribution is 6.01. The average molecular weight is 422 g/mol. The van der Waals surface area contributed by atoms with Crippen LogP contribution in [0.5, 0.6) is 0 Å². The monoisotopic (exact) mass is 421 g/mol. The zero-order valence-corrected chi connectivity index (χ0v) is 17.9. The van der Waals surface area contributed by atoms with E-state index in [0.29, 0.717) is 18.0 Å². The highest BCUT2D eigenvalue weighted by Crippen LogP contribution is 2.35. The summed E-state index contributed by atoms with van der Waals surface area (Å²) in [5, 5.41) is 22.0. The Labute approximate surface area is 183 Å². The Bertz CT molecular complexity index is 945. The standard InChI is InChI=1S/C25H31N3O3/c29-21(16-26-13-12-19-8-1-2-9-20(19)15-26)17-28-24(30)22-10-3-4-11-23(22)27(25(28)31)14-18-6-5-7-18/h1-4,8-11,18,21,25,29,31H,5-7,12-17H2/t21-,25?/m1/s1. The number of carbonyl (C=O) groups is 1. The van der Waals surface area contributed by atoms with Crippen LogP contribution in [0, 0.1) is 5.92 Å². The van der Waals surface area contributed by atoms with Crippen molar-refractivity contribution in [3.8, 4) is 0 Å². The molecule has 1 saturated carbocycles. The van der Waals surface area contributed by atoms with Crippen LogP contribution < -0.4 is 4.90 Å². The topological polar surface area (TPSA) is 67.2 Å². The van der Waals surface area contributed by atoms with Gasteiger partial charge in [0, 0.05) is 26.2 Å². The van der Waals surface area contributed by atoms with Gasteiger partial charge in [0.2, 0.25) is 6.35 Å². The first-order valence-corrected chi connectivity index (χ1v) is 11.4. The van der Waals surface area contributed by atoms with E-state index in [2.05, 4.69) is 29.2 Å². The summed E-state index contributed by atoms with van der Waals surface area (Å²) in [6.45, 7) is 3.03. The van der Waals surface area contributed by atoms with E-state index in [0.717, 1.165) is 31.7 Å². The lowest BCUT2D eigenvalue weighted by molar-refractivity contribution is -0.0248. The van der Waals surface area contributed by atoms with E-state index in [1.54, 1.807) is 0 Å². The van der Waals surface area contributed by atoms with Gasteiger partial charge in [-0.15, -0.1) is 0 Å². The molecule has 0 spiro atoms. The fraction of sp³-hybridized carbons (Fsp3) is 0.480.